The summed E-state index contributed by atoms with van der Waals surface area (Å²) >= 11 is 0. The van der Waals surface area contributed by atoms with Gasteiger partial charge in [-0.25, -0.2) is 9.55 Å². The first-order valence-corrected chi connectivity index (χ1v) is 25.5. The average Bonchev–Trinajstić information content (AvgIpc) is 4.04. The molecular weight excluding hydrogens is 962 g/mol. The zero-order chi connectivity index (χ0) is 52.5. The molecule has 3 aromatic rings. The molecule has 0 unspecified atom stereocenters. The molecule has 396 valence electrons. The molecule has 1 saturated heterocycles. The number of imidazole rings is 1. The number of amides is 6. The highest BCUT2D eigenvalue weighted by atomic mass is 31.2. The van der Waals surface area contributed by atoms with E-state index in [4.69, 9.17) is 20.0 Å². The van der Waals surface area contributed by atoms with Crippen LogP contribution in [0.5, 0.6) is 11.5 Å². The standard InChI is InChI=1S/C46H68N11O14P/c1-28(2)20-34(51-46(64)37-12-10-16-57(37)30(4)59)43(61)50-35(44(62)52-36(26-58)45(63)53-40(42(47)60)29(3)71-72(65,66)67)22-33-24-48-27-56(33)15-8-6-7-9-19-70-49-23-32-25-55(5)54-41(32)31-13-14-38-39(21-31)69-18-11-17-68-38/h13-14,21,23-25,27-29,34-37,40,58H,6-12,15-20,22,26H2,1-5H3,(H2,47,60)(H,50,61)(H,51,64)(H,52,62)(H,53,63)(H2,65,66,67)/b49-23+/t29-,34+,35+,36+,37+,40+/m1/s1. The highest BCUT2D eigenvalue weighted by Gasteiger charge is 2.37. The summed E-state index contributed by atoms with van der Waals surface area (Å²) in [7, 11) is -3.31. The third-order valence-corrected chi connectivity index (χ3v) is 12.5. The van der Waals surface area contributed by atoms with Gasteiger partial charge in [-0.2, -0.15) is 5.10 Å². The molecule has 2 aliphatic rings. The Morgan fingerprint density at radius 1 is 0.944 bits per heavy atom. The molecule has 9 N–H and O–H groups in total. The number of likely N-dealkylation sites (tertiary alicyclic amines) is 1. The van der Waals surface area contributed by atoms with Crippen LogP contribution in [0.15, 0.2) is 42.1 Å². The van der Waals surface area contributed by atoms with Crippen molar-refractivity contribution in [1.29, 1.82) is 0 Å². The molecule has 72 heavy (non-hydrogen) atoms. The lowest BCUT2D eigenvalue weighted by atomic mass is 10.0. The Balaban J connectivity index is 1.21. The highest BCUT2D eigenvalue weighted by Crippen LogP contribution is 2.38. The largest absolute Gasteiger partial charge is 0.490 e. The fourth-order valence-electron chi connectivity index (χ4n) is 8.30. The number of oxime groups is 1. The second-order valence-electron chi connectivity index (χ2n) is 18.1. The fourth-order valence-corrected chi connectivity index (χ4v) is 8.85. The van der Waals surface area contributed by atoms with E-state index >= 15 is 0 Å². The molecule has 0 bridgehead atoms. The van der Waals surface area contributed by atoms with Crippen LogP contribution >= 0.6 is 7.82 Å². The Kier molecular flexibility index (Phi) is 21.1. The molecular formula is C46H68N11O14P. The van der Waals surface area contributed by atoms with E-state index < -0.39 is 80.3 Å². The van der Waals surface area contributed by atoms with Gasteiger partial charge in [-0.15, -0.1) is 0 Å². The number of carbonyl (C=O) groups excluding carboxylic acids is 6. The molecule has 2 aromatic heterocycles. The second kappa shape index (κ2) is 26.9. The van der Waals surface area contributed by atoms with Gasteiger partial charge in [0.1, 0.15) is 42.5 Å². The maximum absolute atomic E-state index is 14.1. The average molecular weight is 1030 g/mol. The number of benzene rings is 1. The molecule has 0 radical (unpaired) electrons. The van der Waals surface area contributed by atoms with Crippen LogP contribution < -0.4 is 36.5 Å². The van der Waals surface area contributed by atoms with E-state index in [0.717, 1.165) is 37.3 Å². The van der Waals surface area contributed by atoms with Crippen molar-refractivity contribution < 1.29 is 67.1 Å². The van der Waals surface area contributed by atoms with Crippen molar-refractivity contribution in [2.75, 3.05) is 33.0 Å². The minimum Gasteiger partial charge on any atom is -0.490 e. The van der Waals surface area contributed by atoms with Gasteiger partial charge in [0.2, 0.25) is 35.4 Å². The SMILES string of the molecule is CC(=O)N1CCC[C@H]1C(=O)N[C@@H](CC(C)C)C(=O)N[C@@H](Cc1cncn1CCCCCCO/N=C/c1cn(C)nc1-c1ccc2c(c1)OCCCO2)C(=O)N[C@@H](CO)C(=O)N[C@H](C(N)=O)[C@@H](C)OP(=O)(O)O. The highest BCUT2D eigenvalue weighted by molar-refractivity contribution is 7.46. The summed E-state index contributed by atoms with van der Waals surface area (Å²) in [5.41, 5.74) is 8.22. The summed E-state index contributed by atoms with van der Waals surface area (Å²) in [6, 6.07) is -1.21. The number of hydrogen-bond acceptors (Lipinski definition) is 15. The van der Waals surface area contributed by atoms with Crippen LogP contribution in [0.2, 0.25) is 0 Å². The number of ether oxygens (including phenoxy) is 2. The molecule has 0 spiro atoms. The maximum Gasteiger partial charge on any atom is 0.469 e. The van der Waals surface area contributed by atoms with Gasteiger partial charge in [0.25, 0.3) is 0 Å². The number of hydrogen-bond donors (Lipinski definition) is 8. The third kappa shape index (κ3) is 16.9. The number of carbonyl (C=O) groups is 6. The van der Waals surface area contributed by atoms with Gasteiger partial charge in [-0.05, 0) is 69.6 Å². The number of aryl methyl sites for hydroxylation is 2. The molecule has 26 heteroatoms. The van der Waals surface area contributed by atoms with E-state index in [9.17, 15) is 48.2 Å². The van der Waals surface area contributed by atoms with Crippen molar-refractivity contribution in [1.82, 2.24) is 45.5 Å². The van der Waals surface area contributed by atoms with Gasteiger partial charge in [0.05, 0.1) is 38.5 Å². The van der Waals surface area contributed by atoms with Gasteiger partial charge in [0.15, 0.2) is 11.5 Å². The summed E-state index contributed by atoms with van der Waals surface area (Å²) in [6.45, 7) is 7.50. The van der Waals surface area contributed by atoms with Crippen LogP contribution in [-0.4, -0.2) is 150 Å². The summed E-state index contributed by atoms with van der Waals surface area (Å²) in [6.07, 6.45) is 9.72. The summed E-state index contributed by atoms with van der Waals surface area (Å²) in [4.78, 5) is 109. The van der Waals surface area contributed by atoms with E-state index in [1.807, 2.05) is 49.9 Å². The van der Waals surface area contributed by atoms with E-state index in [1.165, 1.54) is 18.0 Å². The predicted molar refractivity (Wildman–Crippen MR) is 259 cm³/mol. The number of primary amides is 1. The number of nitrogens with two attached hydrogens (primary N) is 1. The van der Waals surface area contributed by atoms with Gasteiger partial charge in [-0.3, -0.25) is 38.0 Å². The summed E-state index contributed by atoms with van der Waals surface area (Å²) in [5, 5.41) is 29.0. The minimum atomic E-state index is -5.13. The van der Waals surface area contributed by atoms with E-state index in [2.05, 4.69) is 41.0 Å². The van der Waals surface area contributed by atoms with Crippen LogP contribution in [0.1, 0.15) is 90.3 Å². The first kappa shape index (κ1) is 56.5. The molecule has 2 aliphatic heterocycles. The summed E-state index contributed by atoms with van der Waals surface area (Å²) in [5.74, 6) is -3.64. The molecule has 6 amide bonds. The third-order valence-electron chi connectivity index (χ3n) is 11.9. The van der Waals surface area contributed by atoms with Gasteiger partial charge >= 0.3 is 7.82 Å². The topological polar surface area (TPSA) is 342 Å². The lowest BCUT2D eigenvalue weighted by Crippen LogP contribution is -2.61. The Labute approximate surface area is 417 Å². The van der Waals surface area contributed by atoms with Crippen LogP contribution in [0.25, 0.3) is 11.3 Å². The normalized spacial score (nSPS) is 16.8. The first-order chi connectivity index (χ1) is 34.2. The molecule has 5 rings (SSSR count). The van der Waals surface area contributed by atoms with Crippen LogP contribution in [-0.2, 0) is 62.7 Å². The van der Waals surface area contributed by atoms with Gasteiger partial charge in [-0.1, -0.05) is 25.4 Å². The zero-order valence-electron chi connectivity index (χ0n) is 41.2. The Bertz CT molecular complexity index is 2420. The number of aromatic nitrogens is 4. The number of phosphoric ester groups is 1. The number of rotatable bonds is 27. The maximum atomic E-state index is 14.1. The quantitative estimate of drug-likeness (QED) is 0.0224. The molecule has 25 nitrogen and oxygen atoms in total. The van der Waals surface area contributed by atoms with Gasteiger partial charge < -0.3 is 65.7 Å². The number of nitrogens with one attached hydrogen (secondary N) is 4. The number of fused-ring (bicyclic) bond motifs is 1. The lowest BCUT2D eigenvalue weighted by molar-refractivity contribution is -0.139. The van der Waals surface area contributed by atoms with Crippen molar-refractivity contribution >= 4 is 49.5 Å². The van der Waals surface area contributed by atoms with Crippen LogP contribution in [0, 0.1) is 5.92 Å². The molecule has 0 saturated carbocycles. The number of aliphatic hydroxyl groups excluding tert-OH is 1. The lowest BCUT2D eigenvalue weighted by Gasteiger charge is -2.28. The molecule has 6 atom stereocenters. The van der Waals surface area contributed by atoms with Crippen LogP contribution in [0.4, 0.5) is 0 Å². The van der Waals surface area contributed by atoms with E-state index in [0.29, 0.717) is 81.5 Å². The molecule has 4 heterocycles. The molecule has 1 aromatic carbocycles. The van der Waals surface area contributed by atoms with Crippen molar-refractivity contribution in [3.05, 3.63) is 48.2 Å². The Morgan fingerprint density at radius 3 is 2.33 bits per heavy atom. The van der Waals surface area contributed by atoms with Crippen molar-refractivity contribution in [2.45, 2.75) is 128 Å². The molecule has 1 fully saturated rings. The number of phosphoric acid groups is 1. The Morgan fingerprint density at radius 2 is 1.64 bits per heavy atom. The monoisotopic (exact) mass is 1030 g/mol. The van der Waals surface area contributed by atoms with E-state index in [-0.39, 0.29) is 24.7 Å². The summed E-state index contributed by atoms with van der Waals surface area (Å²) < 4.78 is 31.1. The zero-order valence-corrected chi connectivity index (χ0v) is 42.1. The van der Waals surface area contributed by atoms with Crippen LogP contribution in [0.3, 0.4) is 0 Å². The second-order valence-corrected chi connectivity index (χ2v) is 19.3. The number of nitrogens with zero attached hydrogens (tertiary/aromatic N) is 6. The first-order valence-electron chi connectivity index (χ1n) is 23.9. The van der Waals surface area contributed by atoms with Crippen molar-refractivity contribution in [2.24, 2.45) is 23.9 Å². The predicted octanol–water partition coefficient (Wildman–Crippen LogP) is 0.570. The van der Waals surface area contributed by atoms with Crippen molar-refractivity contribution in [3.8, 4) is 22.8 Å². The number of unbranched alkanes of at least 4 members (excludes halogenated alkanes) is 3. The van der Waals surface area contributed by atoms with Gasteiger partial charge in [0, 0.05) is 69.1 Å². The smallest absolute Gasteiger partial charge is 0.469 e. The van der Waals surface area contributed by atoms with Crippen molar-refractivity contribution in [3.63, 3.8) is 0 Å². The molecule has 0 aliphatic carbocycles. The minimum absolute atomic E-state index is 0.109. The van der Waals surface area contributed by atoms with E-state index in [1.54, 1.807) is 17.2 Å². The Hall–Kier alpha value is -6.40. The number of aliphatic hydroxyl groups is 1. The fraction of sp³-hybridized carbons (Fsp3) is 0.587.